The van der Waals surface area contributed by atoms with Crippen LogP contribution >= 0.6 is 38.9 Å². The van der Waals surface area contributed by atoms with E-state index < -0.39 is 5.97 Å². The van der Waals surface area contributed by atoms with E-state index in [2.05, 4.69) is 20.9 Å². The lowest BCUT2D eigenvalue weighted by atomic mass is 10.2. The molecule has 0 aliphatic heterocycles. The highest BCUT2D eigenvalue weighted by molar-refractivity contribution is 9.10. The summed E-state index contributed by atoms with van der Waals surface area (Å²) in [5.41, 5.74) is 0.144. The molecule has 17 heavy (non-hydrogen) atoms. The van der Waals surface area contributed by atoms with Crippen molar-refractivity contribution in [1.29, 1.82) is 0 Å². The quantitative estimate of drug-likeness (QED) is 0.920. The number of hydrogen-bond donors (Lipinski definition) is 1. The van der Waals surface area contributed by atoms with Crippen LogP contribution < -0.4 is 4.74 Å². The zero-order valence-corrected chi connectivity index (χ0v) is 11.3. The number of halogens is 2. The van der Waals surface area contributed by atoms with Gasteiger partial charge in [-0.25, -0.2) is 4.79 Å². The Bertz CT molecular complexity index is 572. The summed E-state index contributed by atoms with van der Waals surface area (Å²) >= 11 is 10.2. The normalized spacial score (nSPS) is 10.2. The number of thiazole rings is 1. The fourth-order valence-corrected chi connectivity index (χ4v) is 2.22. The van der Waals surface area contributed by atoms with Gasteiger partial charge >= 0.3 is 5.97 Å². The number of carboxylic acid groups (broad SMARTS) is 1. The minimum absolute atomic E-state index is 0.144. The molecule has 0 spiro atoms. The molecule has 4 nitrogen and oxygen atoms in total. The van der Waals surface area contributed by atoms with E-state index in [9.17, 15) is 4.79 Å². The Labute approximate surface area is 114 Å². The maximum absolute atomic E-state index is 10.8. The molecule has 0 aliphatic rings. The molecular formula is C10H5BrClNO3S. The molecule has 2 aromatic rings. The van der Waals surface area contributed by atoms with Crippen LogP contribution in [-0.4, -0.2) is 16.1 Å². The Hall–Kier alpha value is -1.11. The third-order valence-corrected chi connectivity index (χ3v) is 3.53. The van der Waals surface area contributed by atoms with Crippen LogP contribution in [0.3, 0.4) is 0 Å². The second-order valence-electron chi connectivity index (χ2n) is 2.99. The summed E-state index contributed by atoms with van der Waals surface area (Å²) in [6, 6.07) is 4.50. The largest absolute Gasteiger partial charge is 0.478 e. The summed E-state index contributed by atoms with van der Waals surface area (Å²) in [5, 5.41) is 11.2. The zero-order valence-electron chi connectivity index (χ0n) is 8.18. The van der Waals surface area contributed by atoms with Gasteiger partial charge in [0.2, 0.25) is 0 Å². The third-order valence-electron chi connectivity index (χ3n) is 1.83. The van der Waals surface area contributed by atoms with E-state index in [4.69, 9.17) is 21.4 Å². The lowest BCUT2D eigenvalue weighted by Gasteiger charge is -2.05. The molecule has 0 radical (unpaired) electrons. The van der Waals surface area contributed by atoms with Crippen LogP contribution in [-0.2, 0) is 0 Å². The van der Waals surface area contributed by atoms with Crippen molar-refractivity contribution in [2.75, 3.05) is 0 Å². The van der Waals surface area contributed by atoms with Gasteiger partial charge in [-0.3, -0.25) is 0 Å². The summed E-state index contributed by atoms with van der Waals surface area (Å²) in [5.74, 6) is -0.629. The minimum Gasteiger partial charge on any atom is -0.478 e. The molecule has 0 aliphatic carbocycles. The molecule has 1 aromatic heterocycles. The molecule has 2 rings (SSSR count). The second-order valence-corrected chi connectivity index (χ2v) is 5.05. The van der Waals surface area contributed by atoms with Crippen LogP contribution in [0.4, 0.5) is 0 Å². The monoisotopic (exact) mass is 333 g/mol. The molecule has 0 saturated carbocycles. The van der Waals surface area contributed by atoms with Gasteiger partial charge in [0.25, 0.3) is 5.19 Å². The first-order valence-electron chi connectivity index (χ1n) is 4.38. The fourth-order valence-electron chi connectivity index (χ4n) is 1.09. The first-order valence-corrected chi connectivity index (χ1v) is 6.43. The van der Waals surface area contributed by atoms with Gasteiger partial charge in [-0.1, -0.05) is 22.9 Å². The van der Waals surface area contributed by atoms with Crippen molar-refractivity contribution in [3.63, 3.8) is 0 Å². The lowest BCUT2D eigenvalue weighted by Crippen LogP contribution is -1.96. The summed E-state index contributed by atoms with van der Waals surface area (Å²) in [6.07, 6.45) is 0. The molecule has 0 atom stereocenters. The van der Waals surface area contributed by atoms with Gasteiger partial charge in [0.15, 0.2) is 0 Å². The minimum atomic E-state index is -1.01. The van der Waals surface area contributed by atoms with Crippen LogP contribution in [0.15, 0.2) is 28.1 Å². The van der Waals surface area contributed by atoms with Gasteiger partial charge in [0, 0.05) is 5.38 Å². The SMILES string of the molecule is O=C(O)c1ccc(Br)c(Oc2nc(Cl)cs2)c1. The predicted octanol–water partition coefficient (Wildman–Crippen LogP) is 4.05. The van der Waals surface area contributed by atoms with Crippen LogP contribution in [0, 0.1) is 0 Å². The maximum atomic E-state index is 10.8. The average molecular weight is 335 g/mol. The molecule has 0 fully saturated rings. The van der Waals surface area contributed by atoms with Gasteiger partial charge in [-0.15, -0.1) is 0 Å². The Morgan fingerprint density at radius 2 is 2.29 bits per heavy atom. The highest BCUT2D eigenvalue weighted by Gasteiger charge is 2.10. The first-order chi connectivity index (χ1) is 8.06. The molecular weight excluding hydrogens is 330 g/mol. The van der Waals surface area contributed by atoms with Crippen molar-refractivity contribution in [1.82, 2.24) is 4.98 Å². The van der Waals surface area contributed by atoms with Gasteiger partial charge in [-0.2, -0.15) is 4.98 Å². The van der Waals surface area contributed by atoms with Crippen LogP contribution in [0.25, 0.3) is 0 Å². The Balaban J connectivity index is 2.31. The number of carbonyl (C=O) groups is 1. The van der Waals surface area contributed by atoms with Crippen molar-refractivity contribution >= 4 is 44.8 Å². The van der Waals surface area contributed by atoms with E-state index in [1.807, 2.05) is 0 Å². The Morgan fingerprint density at radius 1 is 1.53 bits per heavy atom. The summed E-state index contributed by atoms with van der Waals surface area (Å²) in [7, 11) is 0. The van der Waals surface area contributed by atoms with E-state index in [0.717, 1.165) is 0 Å². The van der Waals surface area contributed by atoms with Crippen molar-refractivity contribution in [2.45, 2.75) is 0 Å². The molecule has 0 unspecified atom stereocenters. The number of carboxylic acids is 1. The summed E-state index contributed by atoms with van der Waals surface area (Å²) < 4.78 is 6.08. The number of hydrogen-bond acceptors (Lipinski definition) is 4. The van der Waals surface area contributed by atoms with Crippen LogP contribution in [0.5, 0.6) is 10.9 Å². The van der Waals surface area contributed by atoms with Crippen molar-refractivity contribution < 1.29 is 14.6 Å². The second kappa shape index (κ2) is 5.03. The summed E-state index contributed by atoms with van der Waals surface area (Å²) in [4.78, 5) is 14.7. The molecule has 7 heteroatoms. The number of aromatic carboxylic acids is 1. The number of nitrogens with zero attached hydrogens (tertiary/aromatic N) is 1. The smallest absolute Gasteiger partial charge is 0.335 e. The van der Waals surface area contributed by atoms with E-state index in [-0.39, 0.29) is 5.56 Å². The molecule has 0 amide bonds. The predicted molar refractivity (Wildman–Crippen MR) is 68.3 cm³/mol. The maximum Gasteiger partial charge on any atom is 0.335 e. The van der Waals surface area contributed by atoms with Crippen molar-refractivity contribution in [3.8, 4) is 10.9 Å². The number of aromatic nitrogens is 1. The molecule has 0 saturated heterocycles. The third kappa shape index (κ3) is 2.96. The van der Waals surface area contributed by atoms with Gasteiger partial charge in [-0.05, 0) is 34.1 Å². The van der Waals surface area contributed by atoms with E-state index in [1.54, 1.807) is 11.4 Å². The molecule has 1 aromatic carbocycles. The highest BCUT2D eigenvalue weighted by Crippen LogP contribution is 2.32. The van der Waals surface area contributed by atoms with E-state index in [1.165, 1.54) is 23.5 Å². The fraction of sp³-hybridized carbons (Fsp3) is 0. The highest BCUT2D eigenvalue weighted by atomic mass is 79.9. The van der Waals surface area contributed by atoms with Gasteiger partial charge < -0.3 is 9.84 Å². The van der Waals surface area contributed by atoms with Crippen molar-refractivity contribution in [3.05, 3.63) is 38.8 Å². The standard InChI is InChI=1S/C10H5BrClNO3S/c11-6-2-1-5(9(14)15)3-7(6)16-10-13-8(12)4-17-10/h1-4H,(H,14,15). The summed E-state index contributed by atoms with van der Waals surface area (Å²) in [6.45, 7) is 0. The molecule has 1 heterocycles. The van der Waals surface area contributed by atoms with Gasteiger partial charge in [0.1, 0.15) is 10.9 Å². The van der Waals surface area contributed by atoms with E-state index in [0.29, 0.717) is 20.6 Å². The number of rotatable bonds is 3. The van der Waals surface area contributed by atoms with Crippen LogP contribution in [0.2, 0.25) is 5.15 Å². The van der Waals surface area contributed by atoms with Crippen molar-refractivity contribution in [2.24, 2.45) is 0 Å². The molecule has 0 bridgehead atoms. The average Bonchev–Trinajstić information content (AvgIpc) is 2.67. The van der Waals surface area contributed by atoms with Gasteiger partial charge in [0.05, 0.1) is 10.0 Å². The topological polar surface area (TPSA) is 59.4 Å². The van der Waals surface area contributed by atoms with Crippen LogP contribution in [0.1, 0.15) is 10.4 Å². The molecule has 88 valence electrons. The first kappa shape index (κ1) is 12.3. The lowest BCUT2D eigenvalue weighted by molar-refractivity contribution is 0.0696. The number of benzene rings is 1. The Kier molecular flexibility index (Phi) is 3.66. The van der Waals surface area contributed by atoms with E-state index >= 15 is 0 Å². The Morgan fingerprint density at radius 3 is 2.88 bits per heavy atom. The number of ether oxygens (including phenoxy) is 1. The molecule has 1 N–H and O–H groups in total. The zero-order chi connectivity index (χ0) is 12.4.